The molecule has 0 bridgehead atoms. The molecular weight excluding hydrogens is 880 g/mol. The van der Waals surface area contributed by atoms with Crippen LogP contribution < -0.4 is 4.74 Å². The first-order valence-corrected chi connectivity index (χ1v) is 19.1. The van der Waals surface area contributed by atoms with Gasteiger partial charge in [-0.15, -0.1) is 35.7 Å². The van der Waals surface area contributed by atoms with Crippen molar-refractivity contribution in [3.05, 3.63) is 180 Å². The second-order valence-electron chi connectivity index (χ2n) is 15.6. The fourth-order valence-corrected chi connectivity index (χ4v) is 7.98. The Kier molecular flexibility index (Phi) is 10.1. The van der Waals surface area contributed by atoms with Crippen molar-refractivity contribution in [1.82, 2.24) is 19.3 Å². The number of ether oxygens (including phenoxy) is 1. The van der Waals surface area contributed by atoms with E-state index in [0.29, 0.717) is 11.5 Å². The number of aryl methyl sites for hydroxylation is 3. The number of rotatable bonds is 7. The van der Waals surface area contributed by atoms with E-state index in [-0.39, 0.29) is 26.5 Å². The Morgan fingerprint density at radius 2 is 1.28 bits per heavy atom. The van der Waals surface area contributed by atoms with Gasteiger partial charge in [0.05, 0.1) is 5.69 Å². The fraction of sp³-hybridized carbons (Fsp3) is 0.137. The molecule has 0 saturated carbocycles. The van der Waals surface area contributed by atoms with Crippen LogP contribution in [0.2, 0.25) is 0 Å². The summed E-state index contributed by atoms with van der Waals surface area (Å²) < 4.78 is 10.8. The first-order valence-electron chi connectivity index (χ1n) is 19.1. The van der Waals surface area contributed by atoms with E-state index in [1.807, 2.05) is 41.2 Å². The Morgan fingerprint density at radius 3 is 2.00 bits per heavy atom. The first-order chi connectivity index (χ1) is 27.1. The molecule has 5 nitrogen and oxygen atoms in total. The topological polar surface area (TPSA) is 44.9 Å². The van der Waals surface area contributed by atoms with Crippen LogP contribution in [0.5, 0.6) is 11.5 Å². The summed E-state index contributed by atoms with van der Waals surface area (Å²) in [5.41, 5.74) is 13.9. The zero-order chi connectivity index (χ0) is 38.6. The average Bonchev–Trinajstić information content (AvgIpc) is 3.74. The SMILES string of the molecule is Cc1cc(C)c(-c2c(-c3ccccc3)nn(-c3[c-]c(Oc4[c-]c5c(cc4)c4ccccc4n5-c4cc(C(C)(C)C)ccn4)ccc3)c2-c2ccccc2)c(C)c1.[Pt+2]. The molecule has 0 aliphatic heterocycles. The summed E-state index contributed by atoms with van der Waals surface area (Å²) in [7, 11) is 0. The predicted molar refractivity (Wildman–Crippen MR) is 229 cm³/mol. The summed E-state index contributed by atoms with van der Waals surface area (Å²) in [6.45, 7) is 13.2. The van der Waals surface area contributed by atoms with Gasteiger partial charge in [-0.1, -0.05) is 123 Å². The maximum atomic E-state index is 6.63. The molecule has 3 aromatic heterocycles. The first kappa shape index (κ1) is 37.9. The van der Waals surface area contributed by atoms with E-state index in [2.05, 4.69) is 167 Å². The Hall–Kier alpha value is -6.03. The van der Waals surface area contributed by atoms with Crippen molar-refractivity contribution >= 4 is 21.8 Å². The molecule has 0 saturated heterocycles. The summed E-state index contributed by atoms with van der Waals surface area (Å²) in [4.78, 5) is 4.84. The van der Waals surface area contributed by atoms with Crippen LogP contribution in [-0.2, 0) is 26.5 Å². The van der Waals surface area contributed by atoms with E-state index >= 15 is 0 Å². The summed E-state index contributed by atoms with van der Waals surface area (Å²) in [6.07, 6.45) is 1.90. The smallest absolute Gasteiger partial charge is 0.509 e. The third-order valence-corrected chi connectivity index (χ3v) is 10.5. The Labute approximate surface area is 348 Å². The maximum absolute atomic E-state index is 6.63. The van der Waals surface area contributed by atoms with E-state index in [1.165, 1.54) is 27.8 Å². The van der Waals surface area contributed by atoms with E-state index in [4.69, 9.17) is 14.8 Å². The van der Waals surface area contributed by atoms with Crippen molar-refractivity contribution in [2.75, 3.05) is 0 Å². The fourth-order valence-electron chi connectivity index (χ4n) is 7.98. The second kappa shape index (κ2) is 15.1. The van der Waals surface area contributed by atoms with Crippen LogP contribution in [0.4, 0.5) is 0 Å². The molecule has 0 amide bonds. The number of hydrogen-bond acceptors (Lipinski definition) is 3. The molecule has 0 spiro atoms. The summed E-state index contributed by atoms with van der Waals surface area (Å²) in [6, 6.07) is 55.5. The largest absolute Gasteiger partial charge is 2.00 e. The minimum atomic E-state index is -0.0232. The van der Waals surface area contributed by atoms with Crippen molar-refractivity contribution < 1.29 is 25.8 Å². The van der Waals surface area contributed by atoms with Crippen LogP contribution in [0.3, 0.4) is 0 Å². The van der Waals surface area contributed by atoms with Crippen LogP contribution in [0.1, 0.15) is 43.0 Å². The molecule has 0 atom stereocenters. The van der Waals surface area contributed by atoms with Crippen LogP contribution in [0, 0.1) is 32.9 Å². The van der Waals surface area contributed by atoms with Gasteiger partial charge in [0.15, 0.2) is 0 Å². The minimum Gasteiger partial charge on any atom is -0.509 e. The van der Waals surface area contributed by atoms with Crippen LogP contribution in [-0.4, -0.2) is 19.3 Å². The zero-order valence-corrected chi connectivity index (χ0v) is 35.1. The van der Waals surface area contributed by atoms with E-state index in [0.717, 1.165) is 61.4 Å². The quantitative estimate of drug-likeness (QED) is 0.150. The molecule has 9 aromatic rings. The maximum Gasteiger partial charge on any atom is 2.00 e. The molecule has 282 valence electrons. The second-order valence-corrected chi connectivity index (χ2v) is 15.6. The Balaban J connectivity index is 0.00000455. The van der Waals surface area contributed by atoms with Crippen LogP contribution >= 0.6 is 0 Å². The predicted octanol–water partition coefficient (Wildman–Crippen LogP) is 13.0. The van der Waals surface area contributed by atoms with Crippen molar-refractivity contribution in [3.63, 3.8) is 0 Å². The molecule has 3 heterocycles. The van der Waals surface area contributed by atoms with Gasteiger partial charge in [-0.25, -0.2) is 4.98 Å². The van der Waals surface area contributed by atoms with Gasteiger partial charge in [-0.3, -0.25) is 4.68 Å². The number of pyridine rings is 1. The molecule has 6 aromatic carbocycles. The zero-order valence-electron chi connectivity index (χ0n) is 32.9. The molecule has 9 rings (SSSR count). The van der Waals surface area contributed by atoms with Gasteiger partial charge in [0.2, 0.25) is 0 Å². The molecular formula is C51H42N4OPt. The number of nitrogens with zero attached hydrogens (tertiary/aromatic N) is 4. The monoisotopic (exact) mass is 921 g/mol. The molecule has 0 radical (unpaired) electrons. The van der Waals surface area contributed by atoms with E-state index in [1.54, 1.807) is 0 Å². The molecule has 0 N–H and O–H groups in total. The summed E-state index contributed by atoms with van der Waals surface area (Å²) in [5, 5.41) is 7.62. The minimum absolute atomic E-state index is 0. The Morgan fingerprint density at radius 1 is 0.614 bits per heavy atom. The normalized spacial score (nSPS) is 11.5. The van der Waals surface area contributed by atoms with Crippen LogP contribution in [0.25, 0.3) is 67.0 Å². The van der Waals surface area contributed by atoms with E-state index < -0.39 is 0 Å². The van der Waals surface area contributed by atoms with Gasteiger partial charge < -0.3 is 9.30 Å². The van der Waals surface area contributed by atoms with Crippen molar-refractivity contribution in [2.24, 2.45) is 0 Å². The summed E-state index contributed by atoms with van der Waals surface area (Å²) in [5.74, 6) is 2.00. The van der Waals surface area contributed by atoms with Gasteiger partial charge in [0.1, 0.15) is 11.5 Å². The number of para-hydroxylation sites is 1. The Bertz CT molecular complexity index is 2880. The third kappa shape index (κ3) is 7.02. The van der Waals surface area contributed by atoms with Crippen molar-refractivity contribution in [1.29, 1.82) is 0 Å². The average molecular weight is 922 g/mol. The van der Waals surface area contributed by atoms with Gasteiger partial charge >= 0.3 is 21.1 Å². The van der Waals surface area contributed by atoms with Gasteiger partial charge in [0.25, 0.3) is 0 Å². The number of aromatic nitrogens is 4. The molecule has 0 unspecified atom stereocenters. The van der Waals surface area contributed by atoms with Crippen molar-refractivity contribution in [2.45, 2.75) is 47.0 Å². The number of benzene rings is 6. The number of hydrogen-bond donors (Lipinski definition) is 0. The number of fused-ring (bicyclic) bond motifs is 3. The van der Waals surface area contributed by atoms with Gasteiger partial charge in [-0.2, -0.15) is 17.2 Å². The van der Waals surface area contributed by atoms with Gasteiger partial charge in [0, 0.05) is 39.9 Å². The van der Waals surface area contributed by atoms with E-state index in [9.17, 15) is 0 Å². The molecule has 6 heteroatoms. The molecule has 0 aliphatic carbocycles. The molecule has 57 heavy (non-hydrogen) atoms. The standard InChI is InChI=1S/C51H42N4O.Pt/c1-33-28-34(2)47(35(3)29-33)48-49(36-16-9-7-10-17-36)53-55(50(48)37-18-11-8-12-19-37)39-20-15-21-40(31-39)56-41-24-25-43-42-22-13-14-23-44(42)54(45(43)32-41)46-30-38(26-27-52-46)51(4,5)6;/h7-30H,1-6H3;/q-2;+2. The molecule has 0 fully saturated rings. The summed E-state index contributed by atoms with van der Waals surface area (Å²) >= 11 is 0. The van der Waals surface area contributed by atoms with Gasteiger partial charge in [-0.05, 0) is 77.7 Å². The van der Waals surface area contributed by atoms with Crippen molar-refractivity contribution in [3.8, 4) is 56.6 Å². The van der Waals surface area contributed by atoms with Crippen LogP contribution in [0.15, 0.2) is 146 Å². The third-order valence-electron chi connectivity index (χ3n) is 10.5. The molecule has 0 aliphatic rings.